The molecular formula is C22H35IN4O3. The van der Waals surface area contributed by atoms with Gasteiger partial charge in [-0.2, -0.15) is 0 Å². The number of hydrogen-bond donors (Lipinski definition) is 1. The molecule has 0 amide bonds. The molecule has 3 aliphatic rings. The fourth-order valence-corrected chi connectivity index (χ4v) is 4.60. The highest BCUT2D eigenvalue weighted by molar-refractivity contribution is 14.0. The first-order chi connectivity index (χ1) is 14.2. The van der Waals surface area contributed by atoms with Gasteiger partial charge in [-0.05, 0) is 63.4 Å². The zero-order chi connectivity index (χ0) is 20.1. The van der Waals surface area contributed by atoms with Gasteiger partial charge in [-0.3, -0.25) is 9.89 Å². The van der Waals surface area contributed by atoms with Crippen LogP contribution in [0.3, 0.4) is 0 Å². The van der Waals surface area contributed by atoms with Crippen LogP contribution in [0.2, 0.25) is 0 Å². The molecule has 0 unspecified atom stereocenters. The van der Waals surface area contributed by atoms with Crippen molar-refractivity contribution in [1.29, 1.82) is 0 Å². The van der Waals surface area contributed by atoms with Crippen LogP contribution in [0, 0.1) is 0 Å². The largest absolute Gasteiger partial charge is 0.454 e. The molecule has 0 radical (unpaired) electrons. The van der Waals surface area contributed by atoms with Gasteiger partial charge in [0.15, 0.2) is 17.5 Å². The molecule has 3 aliphatic heterocycles. The summed E-state index contributed by atoms with van der Waals surface area (Å²) in [6.07, 6.45) is 4.75. The summed E-state index contributed by atoms with van der Waals surface area (Å²) in [5.74, 6) is 2.60. The van der Waals surface area contributed by atoms with Crippen molar-refractivity contribution in [2.24, 2.45) is 4.99 Å². The van der Waals surface area contributed by atoms with Crippen molar-refractivity contribution in [3.8, 4) is 11.5 Å². The minimum atomic E-state index is 0. The second-order valence-corrected chi connectivity index (χ2v) is 8.24. The van der Waals surface area contributed by atoms with Gasteiger partial charge < -0.3 is 24.4 Å². The molecule has 2 saturated heterocycles. The molecule has 1 N–H and O–H groups in total. The highest BCUT2D eigenvalue weighted by Crippen LogP contribution is 2.33. The SMILES string of the molecule is CCNC(=NCC1(N2CCCC2)CCOCC1)N(C)Cc1ccc2c(c1)OCO2.I. The lowest BCUT2D eigenvalue weighted by atomic mass is 9.88. The zero-order valence-corrected chi connectivity index (χ0v) is 20.5. The van der Waals surface area contributed by atoms with E-state index in [0.29, 0.717) is 6.79 Å². The molecule has 0 bridgehead atoms. The molecule has 8 heteroatoms. The molecule has 30 heavy (non-hydrogen) atoms. The van der Waals surface area contributed by atoms with Crippen LogP contribution in [0.25, 0.3) is 0 Å². The molecule has 1 aromatic rings. The third kappa shape index (κ3) is 5.31. The van der Waals surface area contributed by atoms with E-state index in [0.717, 1.165) is 63.1 Å². The lowest BCUT2D eigenvalue weighted by molar-refractivity contribution is -0.0139. The van der Waals surface area contributed by atoms with Crippen LogP contribution in [0.15, 0.2) is 23.2 Å². The van der Waals surface area contributed by atoms with Crippen molar-refractivity contribution in [3.63, 3.8) is 0 Å². The van der Waals surface area contributed by atoms with Crippen molar-refractivity contribution in [3.05, 3.63) is 23.8 Å². The number of guanidine groups is 1. The minimum Gasteiger partial charge on any atom is -0.454 e. The van der Waals surface area contributed by atoms with Crippen molar-refractivity contribution in [2.75, 3.05) is 53.2 Å². The van der Waals surface area contributed by atoms with Crippen LogP contribution >= 0.6 is 24.0 Å². The highest BCUT2D eigenvalue weighted by Gasteiger charge is 2.39. The molecule has 3 heterocycles. The Morgan fingerprint density at radius 3 is 2.63 bits per heavy atom. The van der Waals surface area contributed by atoms with Gasteiger partial charge >= 0.3 is 0 Å². The van der Waals surface area contributed by atoms with E-state index in [1.807, 2.05) is 6.07 Å². The quantitative estimate of drug-likeness (QED) is 0.347. The van der Waals surface area contributed by atoms with Crippen LogP contribution in [-0.4, -0.2) is 74.5 Å². The number of likely N-dealkylation sites (tertiary alicyclic amines) is 1. The van der Waals surface area contributed by atoms with Gasteiger partial charge in [0.1, 0.15) is 0 Å². The first kappa shape index (κ1) is 23.4. The van der Waals surface area contributed by atoms with Gasteiger partial charge in [-0.15, -0.1) is 24.0 Å². The Balaban J connectivity index is 0.00000256. The summed E-state index contributed by atoms with van der Waals surface area (Å²) in [7, 11) is 2.10. The second-order valence-electron chi connectivity index (χ2n) is 8.24. The first-order valence-electron chi connectivity index (χ1n) is 10.9. The van der Waals surface area contributed by atoms with Gasteiger partial charge in [-0.25, -0.2) is 0 Å². The number of nitrogens with one attached hydrogen (secondary N) is 1. The Bertz CT molecular complexity index is 718. The summed E-state index contributed by atoms with van der Waals surface area (Å²) in [5.41, 5.74) is 1.33. The number of nitrogens with zero attached hydrogens (tertiary/aromatic N) is 3. The minimum absolute atomic E-state index is 0. The molecule has 0 spiro atoms. The average molecular weight is 530 g/mol. The Morgan fingerprint density at radius 2 is 1.90 bits per heavy atom. The molecule has 0 atom stereocenters. The Labute approximate surface area is 197 Å². The highest BCUT2D eigenvalue weighted by atomic mass is 127. The number of fused-ring (bicyclic) bond motifs is 1. The lowest BCUT2D eigenvalue weighted by Gasteiger charge is -2.43. The third-order valence-electron chi connectivity index (χ3n) is 6.28. The predicted molar refractivity (Wildman–Crippen MR) is 129 cm³/mol. The van der Waals surface area contributed by atoms with E-state index < -0.39 is 0 Å². The number of aliphatic imine (C=N–C) groups is 1. The van der Waals surface area contributed by atoms with Gasteiger partial charge in [0, 0.05) is 38.9 Å². The van der Waals surface area contributed by atoms with Crippen molar-refractivity contribution < 1.29 is 14.2 Å². The van der Waals surface area contributed by atoms with Crippen LogP contribution in [0.4, 0.5) is 0 Å². The van der Waals surface area contributed by atoms with Gasteiger partial charge in [-0.1, -0.05) is 6.07 Å². The number of benzene rings is 1. The van der Waals surface area contributed by atoms with Gasteiger partial charge in [0.05, 0.1) is 6.54 Å². The topological polar surface area (TPSA) is 58.6 Å². The molecule has 2 fully saturated rings. The van der Waals surface area contributed by atoms with Gasteiger partial charge in [0.25, 0.3) is 0 Å². The van der Waals surface area contributed by atoms with Crippen molar-refractivity contribution in [1.82, 2.24) is 15.1 Å². The summed E-state index contributed by atoms with van der Waals surface area (Å²) in [5, 5.41) is 3.47. The van der Waals surface area contributed by atoms with Crippen LogP contribution in [-0.2, 0) is 11.3 Å². The number of ether oxygens (including phenoxy) is 3. The summed E-state index contributed by atoms with van der Waals surface area (Å²) in [4.78, 5) is 9.96. The van der Waals surface area contributed by atoms with E-state index in [1.165, 1.54) is 31.5 Å². The molecule has 4 rings (SSSR count). The van der Waals surface area contributed by atoms with Gasteiger partial charge in [0.2, 0.25) is 6.79 Å². The predicted octanol–water partition coefficient (Wildman–Crippen LogP) is 3.08. The normalized spacial score (nSPS) is 20.7. The van der Waals surface area contributed by atoms with E-state index in [2.05, 4.69) is 41.2 Å². The summed E-state index contributed by atoms with van der Waals surface area (Å²) in [6, 6.07) is 6.14. The maximum absolute atomic E-state index is 5.68. The van der Waals surface area contributed by atoms with E-state index in [4.69, 9.17) is 19.2 Å². The number of hydrogen-bond acceptors (Lipinski definition) is 5. The first-order valence-corrected chi connectivity index (χ1v) is 10.9. The summed E-state index contributed by atoms with van der Waals surface area (Å²) >= 11 is 0. The maximum atomic E-state index is 5.68. The summed E-state index contributed by atoms with van der Waals surface area (Å²) in [6.45, 7) is 8.94. The zero-order valence-electron chi connectivity index (χ0n) is 18.2. The Kier molecular flexibility index (Phi) is 8.47. The molecule has 1 aromatic carbocycles. The van der Waals surface area contributed by atoms with Crippen molar-refractivity contribution in [2.45, 2.75) is 44.7 Å². The Hall–Kier alpha value is -1.26. The lowest BCUT2D eigenvalue weighted by Crippen LogP contribution is -2.54. The Morgan fingerprint density at radius 1 is 1.17 bits per heavy atom. The average Bonchev–Trinajstić information content (AvgIpc) is 3.43. The van der Waals surface area contributed by atoms with Crippen molar-refractivity contribution >= 4 is 29.9 Å². The molecule has 0 saturated carbocycles. The molecule has 0 aliphatic carbocycles. The molecular weight excluding hydrogens is 495 g/mol. The number of halogens is 1. The number of rotatable bonds is 6. The van der Waals surface area contributed by atoms with E-state index >= 15 is 0 Å². The maximum Gasteiger partial charge on any atom is 0.231 e. The molecule has 0 aromatic heterocycles. The van der Waals surface area contributed by atoms with E-state index in [9.17, 15) is 0 Å². The molecule has 168 valence electrons. The van der Waals surface area contributed by atoms with Crippen LogP contribution in [0.5, 0.6) is 11.5 Å². The smallest absolute Gasteiger partial charge is 0.231 e. The fourth-order valence-electron chi connectivity index (χ4n) is 4.60. The third-order valence-corrected chi connectivity index (χ3v) is 6.28. The fraction of sp³-hybridized carbons (Fsp3) is 0.682. The molecule has 7 nitrogen and oxygen atoms in total. The van der Waals surface area contributed by atoms with Crippen LogP contribution < -0.4 is 14.8 Å². The van der Waals surface area contributed by atoms with E-state index in [-0.39, 0.29) is 29.5 Å². The monoisotopic (exact) mass is 530 g/mol. The summed E-state index contributed by atoms with van der Waals surface area (Å²) < 4.78 is 16.6. The van der Waals surface area contributed by atoms with E-state index in [1.54, 1.807) is 0 Å². The second kappa shape index (κ2) is 10.9. The van der Waals surface area contributed by atoms with Crippen LogP contribution in [0.1, 0.15) is 38.2 Å². The standard InChI is InChI=1S/C22H34N4O3.HI/c1-3-23-21(25(2)15-18-6-7-19-20(14-18)29-17-28-19)24-16-22(8-12-27-13-9-22)26-10-4-5-11-26;/h6-7,14H,3-5,8-13,15-17H2,1-2H3,(H,23,24);1H.